The lowest BCUT2D eigenvalue weighted by Crippen LogP contribution is -2.50. The first-order chi connectivity index (χ1) is 14.1. The molecule has 0 saturated heterocycles. The third-order valence-corrected chi connectivity index (χ3v) is 6.54. The van der Waals surface area contributed by atoms with Gasteiger partial charge in [0, 0.05) is 17.1 Å². The van der Waals surface area contributed by atoms with Crippen LogP contribution in [0.4, 0.5) is 5.69 Å². The summed E-state index contributed by atoms with van der Waals surface area (Å²) in [7, 11) is -4.01. The van der Waals surface area contributed by atoms with E-state index in [4.69, 9.17) is 0 Å². The van der Waals surface area contributed by atoms with Crippen molar-refractivity contribution in [3.05, 3.63) is 59.7 Å². The fourth-order valence-electron chi connectivity index (χ4n) is 3.75. The first kappa shape index (κ1) is 20.4. The molecule has 1 atom stereocenters. The summed E-state index contributed by atoms with van der Waals surface area (Å²) in [5.41, 5.74) is 0.187. The number of benzene rings is 2. The molecule has 0 radical (unpaired) electrons. The second-order valence-corrected chi connectivity index (χ2v) is 10.4. The van der Waals surface area contributed by atoms with Crippen LogP contribution in [-0.2, 0) is 14.8 Å². The molecule has 1 fully saturated rings. The molecule has 0 aromatic heterocycles. The lowest BCUT2D eigenvalue weighted by molar-refractivity contribution is -0.127. The van der Waals surface area contributed by atoms with E-state index in [1.807, 2.05) is 20.8 Å². The number of sulfonamides is 1. The number of amides is 2. The van der Waals surface area contributed by atoms with Crippen LogP contribution in [0, 0.1) is 0 Å². The fraction of sp³-hybridized carbons (Fsp3) is 0.364. The smallest absolute Gasteiger partial charge is 0.262 e. The summed E-state index contributed by atoms with van der Waals surface area (Å²) in [5.74, 6) is -0.758. The van der Waals surface area contributed by atoms with Crippen LogP contribution in [0.25, 0.3) is 0 Å². The number of nitrogens with zero attached hydrogens (tertiary/aromatic N) is 1. The van der Waals surface area contributed by atoms with Crippen molar-refractivity contribution < 1.29 is 18.0 Å². The highest BCUT2D eigenvalue weighted by Crippen LogP contribution is 2.40. The van der Waals surface area contributed by atoms with Crippen molar-refractivity contribution >= 4 is 27.5 Å². The molecular weight excluding hydrogens is 402 g/mol. The molecule has 30 heavy (non-hydrogen) atoms. The Hall–Kier alpha value is -2.87. The molecule has 0 bridgehead atoms. The van der Waals surface area contributed by atoms with Crippen LogP contribution in [0.3, 0.4) is 0 Å². The van der Waals surface area contributed by atoms with Crippen LogP contribution >= 0.6 is 0 Å². The highest BCUT2D eigenvalue weighted by atomic mass is 32.2. The van der Waals surface area contributed by atoms with Crippen LogP contribution in [-0.4, -0.2) is 36.7 Å². The van der Waals surface area contributed by atoms with Gasteiger partial charge in [-0.1, -0.05) is 30.3 Å². The zero-order chi connectivity index (χ0) is 21.7. The molecule has 2 aromatic rings. The lowest BCUT2D eigenvalue weighted by Gasteiger charge is -2.34. The minimum absolute atomic E-state index is 0.00536. The summed E-state index contributed by atoms with van der Waals surface area (Å²) in [6.07, 6.45) is 1.55. The monoisotopic (exact) mass is 427 g/mol. The standard InChI is InChI=1S/C22H25N3O4S/c1-22(2,3)23-20(26)19-16-9-5-7-11-18(16)30(28,29)24-17-10-6-4-8-15(17)21(27)25(19)14-12-13-14/h4-11,14,19,24H,12-13H2,1-3H3,(H,23,26). The van der Waals surface area contributed by atoms with Crippen LogP contribution in [0.5, 0.6) is 0 Å². The molecule has 2 amide bonds. The molecule has 1 aliphatic heterocycles. The number of hydrogen-bond acceptors (Lipinski definition) is 4. The molecule has 1 saturated carbocycles. The van der Waals surface area contributed by atoms with Crippen molar-refractivity contribution in [2.45, 2.75) is 56.1 Å². The van der Waals surface area contributed by atoms with Crippen LogP contribution in [0.1, 0.15) is 55.6 Å². The van der Waals surface area contributed by atoms with Crippen molar-refractivity contribution in [1.29, 1.82) is 0 Å². The number of nitrogens with one attached hydrogen (secondary N) is 2. The molecular formula is C22H25N3O4S. The highest BCUT2D eigenvalue weighted by Gasteiger charge is 2.45. The number of rotatable bonds is 2. The normalized spacial score (nSPS) is 20.7. The van der Waals surface area contributed by atoms with E-state index >= 15 is 0 Å². The molecule has 1 aliphatic carbocycles. The van der Waals surface area contributed by atoms with Crippen molar-refractivity contribution in [1.82, 2.24) is 10.2 Å². The minimum atomic E-state index is -4.01. The SMILES string of the molecule is CC(C)(C)NC(=O)C1c2ccccc2S(=O)(=O)Nc2ccccc2C(=O)N1C1CC1. The van der Waals surface area contributed by atoms with E-state index in [2.05, 4.69) is 10.0 Å². The van der Waals surface area contributed by atoms with E-state index in [1.165, 1.54) is 6.07 Å². The maximum Gasteiger partial charge on any atom is 0.262 e. The van der Waals surface area contributed by atoms with E-state index in [1.54, 1.807) is 47.4 Å². The number of para-hydroxylation sites is 1. The number of anilines is 1. The average Bonchev–Trinajstić information content (AvgIpc) is 3.48. The fourth-order valence-corrected chi connectivity index (χ4v) is 5.08. The number of hydrogen-bond donors (Lipinski definition) is 2. The van der Waals surface area contributed by atoms with Gasteiger partial charge in [-0.2, -0.15) is 0 Å². The Kier molecular flexibility index (Phi) is 4.85. The Morgan fingerprint density at radius 3 is 2.37 bits per heavy atom. The average molecular weight is 428 g/mol. The van der Waals surface area contributed by atoms with Gasteiger partial charge in [0.05, 0.1) is 16.1 Å². The van der Waals surface area contributed by atoms with E-state index in [9.17, 15) is 18.0 Å². The summed E-state index contributed by atoms with van der Waals surface area (Å²) < 4.78 is 29.0. The topological polar surface area (TPSA) is 95.6 Å². The minimum Gasteiger partial charge on any atom is -0.349 e. The first-order valence-electron chi connectivity index (χ1n) is 9.94. The summed E-state index contributed by atoms with van der Waals surface area (Å²) in [5, 5.41) is 2.93. The molecule has 2 aliphatic rings. The second-order valence-electron chi connectivity index (χ2n) is 8.77. The van der Waals surface area contributed by atoms with Crippen LogP contribution < -0.4 is 10.0 Å². The van der Waals surface area contributed by atoms with Gasteiger partial charge in [0.2, 0.25) is 5.91 Å². The Bertz CT molecular complexity index is 1120. The zero-order valence-corrected chi connectivity index (χ0v) is 18.0. The Morgan fingerprint density at radius 2 is 1.70 bits per heavy atom. The van der Waals surface area contributed by atoms with Gasteiger partial charge in [-0.25, -0.2) is 8.42 Å². The van der Waals surface area contributed by atoms with Gasteiger partial charge < -0.3 is 10.2 Å². The molecule has 2 N–H and O–H groups in total. The molecule has 8 heteroatoms. The molecule has 1 unspecified atom stereocenters. The molecule has 4 rings (SSSR count). The molecule has 158 valence electrons. The Morgan fingerprint density at radius 1 is 1.07 bits per heavy atom. The Balaban J connectivity index is 1.99. The largest absolute Gasteiger partial charge is 0.349 e. The summed E-state index contributed by atoms with van der Waals surface area (Å²) in [4.78, 5) is 28.6. The second kappa shape index (κ2) is 7.12. The molecule has 2 aromatic carbocycles. The quantitative estimate of drug-likeness (QED) is 0.770. The van der Waals surface area contributed by atoms with Crippen LogP contribution in [0.15, 0.2) is 53.4 Å². The van der Waals surface area contributed by atoms with E-state index < -0.39 is 27.5 Å². The number of fused-ring (bicyclic) bond motifs is 2. The van der Waals surface area contributed by atoms with Gasteiger partial charge in [-0.3, -0.25) is 14.3 Å². The Labute approximate surface area is 176 Å². The predicted molar refractivity (Wildman–Crippen MR) is 114 cm³/mol. The van der Waals surface area contributed by atoms with Gasteiger partial charge in [-0.15, -0.1) is 0 Å². The van der Waals surface area contributed by atoms with Crippen molar-refractivity contribution in [3.8, 4) is 0 Å². The first-order valence-corrected chi connectivity index (χ1v) is 11.4. The van der Waals surface area contributed by atoms with Gasteiger partial charge >= 0.3 is 0 Å². The number of carbonyl (C=O) groups is 2. The van der Waals surface area contributed by atoms with E-state index in [0.29, 0.717) is 5.56 Å². The van der Waals surface area contributed by atoms with Gasteiger partial charge in [0.15, 0.2) is 0 Å². The lowest BCUT2D eigenvalue weighted by atomic mass is 10.00. The zero-order valence-electron chi connectivity index (χ0n) is 17.2. The third kappa shape index (κ3) is 3.79. The van der Waals surface area contributed by atoms with Crippen molar-refractivity contribution in [2.75, 3.05) is 4.72 Å². The van der Waals surface area contributed by atoms with Gasteiger partial charge in [0.25, 0.3) is 15.9 Å². The third-order valence-electron chi connectivity index (χ3n) is 5.10. The van der Waals surface area contributed by atoms with E-state index in [-0.39, 0.29) is 28.1 Å². The molecule has 0 spiro atoms. The van der Waals surface area contributed by atoms with Gasteiger partial charge in [0.1, 0.15) is 6.04 Å². The molecule has 1 heterocycles. The van der Waals surface area contributed by atoms with Crippen molar-refractivity contribution in [2.24, 2.45) is 0 Å². The van der Waals surface area contributed by atoms with E-state index in [0.717, 1.165) is 12.8 Å². The predicted octanol–water partition coefficient (Wildman–Crippen LogP) is 3.06. The van der Waals surface area contributed by atoms with Crippen LogP contribution in [0.2, 0.25) is 0 Å². The van der Waals surface area contributed by atoms with Crippen molar-refractivity contribution in [3.63, 3.8) is 0 Å². The summed E-state index contributed by atoms with van der Waals surface area (Å²) in [6.45, 7) is 5.55. The molecule has 7 nitrogen and oxygen atoms in total. The summed E-state index contributed by atoms with van der Waals surface area (Å²) in [6, 6.07) is 11.7. The van der Waals surface area contributed by atoms with Gasteiger partial charge in [-0.05, 0) is 51.8 Å². The maximum absolute atomic E-state index is 13.6. The maximum atomic E-state index is 13.6. The highest BCUT2D eigenvalue weighted by molar-refractivity contribution is 7.92. The number of carbonyl (C=O) groups excluding carboxylic acids is 2. The summed E-state index contributed by atoms with van der Waals surface area (Å²) >= 11 is 0.